The van der Waals surface area contributed by atoms with Gasteiger partial charge in [0.2, 0.25) is 0 Å². The summed E-state index contributed by atoms with van der Waals surface area (Å²) in [4.78, 5) is 4.27. The molecule has 0 fully saturated rings. The molecular formula is C15H15N3O. The van der Waals surface area contributed by atoms with Gasteiger partial charge in [-0.1, -0.05) is 18.2 Å². The standard InChI is InChI=1S/C15H15N3O/c1-2-17-15-13(7-5-9-18-15)11-19-14-8-4-3-6-12(14)10-16/h3-9H,2,11H2,1H3,(H,17,18). The first-order chi connectivity index (χ1) is 9.35. The molecule has 1 N–H and O–H groups in total. The Morgan fingerprint density at radius 3 is 2.89 bits per heavy atom. The van der Waals surface area contributed by atoms with Crippen LogP contribution in [0.1, 0.15) is 18.1 Å². The minimum Gasteiger partial charge on any atom is -0.487 e. The fraction of sp³-hybridized carbons (Fsp3) is 0.200. The highest BCUT2D eigenvalue weighted by Crippen LogP contribution is 2.20. The number of nitrogens with one attached hydrogen (secondary N) is 1. The van der Waals surface area contributed by atoms with Crippen LogP contribution >= 0.6 is 0 Å². The van der Waals surface area contributed by atoms with Crippen LogP contribution in [0.5, 0.6) is 5.75 Å². The number of hydrogen-bond acceptors (Lipinski definition) is 4. The Kier molecular flexibility index (Phi) is 4.35. The van der Waals surface area contributed by atoms with Crippen molar-refractivity contribution in [2.75, 3.05) is 11.9 Å². The summed E-state index contributed by atoms with van der Waals surface area (Å²) in [7, 11) is 0. The molecule has 4 heteroatoms. The summed E-state index contributed by atoms with van der Waals surface area (Å²) >= 11 is 0. The zero-order chi connectivity index (χ0) is 13.5. The minimum atomic E-state index is 0.384. The van der Waals surface area contributed by atoms with Gasteiger partial charge in [0.1, 0.15) is 24.2 Å². The monoisotopic (exact) mass is 253 g/mol. The topological polar surface area (TPSA) is 57.9 Å². The molecule has 1 aromatic carbocycles. The average Bonchev–Trinajstić information content (AvgIpc) is 2.47. The maximum absolute atomic E-state index is 9.00. The maximum Gasteiger partial charge on any atom is 0.137 e. The SMILES string of the molecule is CCNc1ncccc1COc1ccccc1C#N. The Hall–Kier alpha value is -2.54. The van der Waals surface area contributed by atoms with E-state index in [1.165, 1.54) is 0 Å². The van der Waals surface area contributed by atoms with Gasteiger partial charge in [0, 0.05) is 18.3 Å². The van der Waals surface area contributed by atoms with E-state index in [0.29, 0.717) is 17.9 Å². The molecule has 0 saturated carbocycles. The number of anilines is 1. The van der Waals surface area contributed by atoms with Crippen LogP contribution in [0, 0.1) is 11.3 Å². The Labute approximate surface area is 112 Å². The molecule has 0 aliphatic rings. The van der Waals surface area contributed by atoms with Crippen molar-refractivity contribution in [1.82, 2.24) is 4.98 Å². The Morgan fingerprint density at radius 2 is 2.11 bits per heavy atom. The van der Waals surface area contributed by atoms with Crippen LogP contribution in [0.2, 0.25) is 0 Å². The normalized spacial score (nSPS) is 9.68. The van der Waals surface area contributed by atoms with Crippen molar-refractivity contribution in [3.63, 3.8) is 0 Å². The summed E-state index contributed by atoms with van der Waals surface area (Å²) in [5.41, 5.74) is 1.51. The molecule has 0 bridgehead atoms. The lowest BCUT2D eigenvalue weighted by Gasteiger charge is -2.11. The van der Waals surface area contributed by atoms with Crippen molar-refractivity contribution in [2.45, 2.75) is 13.5 Å². The number of nitrogens with zero attached hydrogens (tertiary/aromatic N) is 2. The number of hydrogen-bond donors (Lipinski definition) is 1. The van der Waals surface area contributed by atoms with Gasteiger partial charge in [0.05, 0.1) is 5.56 Å². The van der Waals surface area contributed by atoms with Crippen LogP contribution in [-0.4, -0.2) is 11.5 Å². The van der Waals surface area contributed by atoms with E-state index < -0.39 is 0 Å². The second-order valence-electron chi connectivity index (χ2n) is 3.94. The highest BCUT2D eigenvalue weighted by atomic mass is 16.5. The van der Waals surface area contributed by atoms with Gasteiger partial charge in [-0.25, -0.2) is 4.98 Å². The third kappa shape index (κ3) is 3.23. The fourth-order valence-corrected chi connectivity index (χ4v) is 1.72. The van der Waals surface area contributed by atoms with E-state index in [-0.39, 0.29) is 0 Å². The molecule has 19 heavy (non-hydrogen) atoms. The van der Waals surface area contributed by atoms with E-state index in [9.17, 15) is 0 Å². The molecule has 0 aliphatic carbocycles. The zero-order valence-corrected chi connectivity index (χ0v) is 10.8. The number of rotatable bonds is 5. The zero-order valence-electron chi connectivity index (χ0n) is 10.8. The summed E-state index contributed by atoms with van der Waals surface area (Å²) in [5, 5.41) is 12.2. The summed E-state index contributed by atoms with van der Waals surface area (Å²) in [6.07, 6.45) is 1.74. The summed E-state index contributed by atoms with van der Waals surface area (Å²) in [6, 6.07) is 13.1. The van der Waals surface area contributed by atoms with Crippen molar-refractivity contribution in [1.29, 1.82) is 5.26 Å². The molecule has 2 rings (SSSR count). The van der Waals surface area contributed by atoms with E-state index in [2.05, 4.69) is 16.4 Å². The average molecular weight is 253 g/mol. The van der Waals surface area contributed by atoms with Crippen LogP contribution in [0.3, 0.4) is 0 Å². The number of benzene rings is 1. The van der Waals surface area contributed by atoms with E-state index in [1.54, 1.807) is 18.3 Å². The molecule has 0 saturated heterocycles. The number of para-hydroxylation sites is 1. The van der Waals surface area contributed by atoms with Gasteiger partial charge < -0.3 is 10.1 Å². The van der Waals surface area contributed by atoms with Gasteiger partial charge in [0.25, 0.3) is 0 Å². The molecule has 4 nitrogen and oxygen atoms in total. The van der Waals surface area contributed by atoms with E-state index in [0.717, 1.165) is 17.9 Å². The predicted molar refractivity (Wildman–Crippen MR) is 73.9 cm³/mol. The lowest BCUT2D eigenvalue weighted by Crippen LogP contribution is -2.06. The maximum atomic E-state index is 9.00. The smallest absolute Gasteiger partial charge is 0.137 e. The quantitative estimate of drug-likeness (QED) is 0.890. The molecule has 0 radical (unpaired) electrons. The van der Waals surface area contributed by atoms with Crippen LogP contribution in [0.25, 0.3) is 0 Å². The molecule has 1 heterocycles. The highest BCUT2D eigenvalue weighted by Gasteiger charge is 2.05. The Morgan fingerprint density at radius 1 is 1.26 bits per heavy atom. The second kappa shape index (κ2) is 6.41. The number of pyridine rings is 1. The molecular weight excluding hydrogens is 238 g/mol. The largest absolute Gasteiger partial charge is 0.487 e. The number of ether oxygens (including phenoxy) is 1. The van der Waals surface area contributed by atoms with Crippen LogP contribution in [-0.2, 0) is 6.61 Å². The summed E-state index contributed by atoms with van der Waals surface area (Å²) in [6.45, 7) is 3.21. The number of aromatic nitrogens is 1. The minimum absolute atomic E-state index is 0.384. The molecule has 2 aromatic rings. The van der Waals surface area contributed by atoms with Gasteiger partial charge in [-0.3, -0.25) is 0 Å². The van der Waals surface area contributed by atoms with E-state index in [1.807, 2.05) is 31.2 Å². The van der Waals surface area contributed by atoms with Gasteiger partial charge in [-0.05, 0) is 25.1 Å². The number of nitriles is 1. The third-order valence-electron chi connectivity index (χ3n) is 2.63. The molecule has 1 aromatic heterocycles. The van der Waals surface area contributed by atoms with Crippen molar-refractivity contribution < 1.29 is 4.74 Å². The van der Waals surface area contributed by atoms with E-state index in [4.69, 9.17) is 10.00 Å². The van der Waals surface area contributed by atoms with Crippen LogP contribution in [0.15, 0.2) is 42.6 Å². The van der Waals surface area contributed by atoms with E-state index >= 15 is 0 Å². The molecule has 0 unspecified atom stereocenters. The second-order valence-corrected chi connectivity index (χ2v) is 3.94. The van der Waals surface area contributed by atoms with Crippen molar-refractivity contribution in [3.05, 3.63) is 53.7 Å². The first kappa shape index (κ1) is 12.9. The highest BCUT2D eigenvalue weighted by molar-refractivity contribution is 5.45. The molecule has 96 valence electrons. The van der Waals surface area contributed by atoms with Gasteiger partial charge in [-0.15, -0.1) is 0 Å². The van der Waals surface area contributed by atoms with Crippen molar-refractivity contribution >= 4 is 5.82 Å². The Balaban J connectivity index is 2.13. The van der Waals surface area contributed by atoms with Gasteiger partial charge in [0.15, 0.2) is 0 Å². The fourth-order valence-electron chi connectivity index (χ4n) is 1.72. The lowest BCUT2D eigenvalue weighted by atomic mass is 10.2. The predicted octanol–water partition coefficient (Wildman–Crippen LogP) is 2.96. The third-order valence-corrected chi connectivity index (χ3v) is 2.63. The van der Waals surface area contributed by atoms with Crippen molar-refractivity contribution in [3.8, 4) is 11.8 Å². The summed E-state index contributed by atoms with van der Waals surface area (Å²) < 4.78 is 5.70. The molecule has 0 amide bonds. The first-order valence-corrected chi connectivity index (χ1v) is 6.15. The summed E-state index contributed by atoms with van der Waals surface area (Å²) in [5.74, 6) is 1.41. The molecule has 0 aliphatic heterocycles. The Bertz CT molecular complexity index is 590. The van der Waals surface area contributed by atoms with Crippen molar-refractivity contribution in [2.24, 2.45) is 0 Å². The van der Waals surface area contributed by atoms with Gasteiger partial charge in [-0.2, -0.15) is 5.26 Å². The van der Waals surface area contributed by atoms with Crippen LogP contribution in [0.4, 0.5) is 5.82 Å². The molecule has 0 spiro atoms. The van der Waals surface area contributed by atoms with Gasteiger partial charge >= 0.3 is 0 Å². The van der Waals surface area contributed by atoms with Crippen LogP contribution < -0.4 is 10.1 Å². The first-order valence-electron chi connectivity index (χ1n) is 6.15. The lowest BCUT2D eigenvalue weighted by molar-refractivity contribution is 0.305. The molecule has 0 atom stereocenters.